The fraction of sp³-hybridized carbons (Fsp3) is 1.00. The molecule has 0 bridgehead atoms. The molecule has 0 amide bonds. The third kappa shape index (κ3) is 25.9. The van der Waals surface area contributed by atoms with Crippen molar-refractivity contribution in [1.82, 2.24) is 0 Å². The molecule has 164 valence electrons. The highest BCUT2D eigenvalue weighted by Gasteiger charge is 2.00. The minimum atomic E-state index is -3.25. The Kier molecular flexibility index (Phi) is 20.6. The van der Waals surface area contributed by atoms with E-state index in [-0.39, 0.29) is 0 Å². The zero-order chi connectivity index (χ0) is 20.1. The summed E-state index contributed by atoms with van der Waals surface area (Å²) in [5, 5.41) is 0. The van der Waals surface area contributed by atoms with Crippen molar-refractivity contribution < 1.29 is 12.6 Å². The molecule has 0 atom stereocenters. The summed E-state index contributed by atoms with van der Waals surface area (Å²) in [5.74, 6) is 0. The van der Waals surface area contributed by atoms with E-state index in [0.29, 0.717) is 6.61 Å². The van der Waals surface area contributed by atoms with Crippen LogP contribution in [0.1, 0.15) is 135 Å². The van der Waals surface area contributed by atoms with Crippen LogP contribution in [0, 0.1) is 0 Å². The highest BCUT2D eigenvalue weighted by molar-refractivity contribution is 7.85. The molecular weight excluding hydrogens is 356 g/mol. The molecule has 4 heteroatoms. The van der Waals surface area contributed by atoms with Crippen LogP contribution < -0.4 is 0 Å². The van der Waals surface area contributed by atoms with E-state index in [0.717, 1.165) is 19.1 Å². The van der Waals surface area contributed by atoms with Crippen LogP contribution in [0.2, 0.25) is 0 Å². The largest absolute Gasteiger partial charge is 0.270 e. The fourth-order valence-electron chi connectivity index (χ4n) is 3.57. The van der Waals surface area contributed by atoms with Gasteiger partial charge in [0.2, 0.25) is 0 Å². The summed E-state index contributed by atoms with van der Waals surface area (Å²) < 4.78 is 26.4. The molecule has 0 spiro atoms. The highest BCUT2D eigenvalue weighted by atomic mass is 32.2. The third-order valence-electron chi connectivity index (χ3n) is 5.30. The SMILES string of the molecule is CCCCCCCCCCCCCCCCCCCCCCOS(C)(=O)=O. The second kappa shape index (κ2) is 20.6. The van der Waals surface area contributed by atoms with Gasteiger partial charge in [0.25, 0.3) is 10.1 Å². The average Bonchev–Trinajstić information content (AvgIpc) is 2.62. The first-order chi connectivity index (χ1) is 13.1. The maximum absolute atomic E-state index is 10.8. The summed E-state index contributed by atoms with van der Waals surface area (Å²) >= 11 is 0. The van der Waals surface area contributed by atoms with Gasteiger partial charge in [-0.2, -0.15) is 8.42 Å². The van der Waals surface area contributed by atoms with Gasteiger partial charge in [0.15, 0.2) is 0 Å². The summed E-state index contributed by atoms with van der Waals surface area (Å²) in [4.78, 5) is 0. The Bertz CT molecular complexity index is 379. The monoisotopic (exact) mass is 404 g/mol. The molecule has 0 aliphatic heterocycles. The van der Waals surface area contributed by atoms with Gasteiger partial charge in [-0.1, -0.05) is 129 Å². The topological polar surface area (TPSA) is 43.4 Å². The first kappa shape index (κ1) is 26.9. The van der Waals surface area contributed by atoms with Gasteiger partial charge in [-0.25, -0.2) is 0 Å². The van der Waals surface area contributed by atoms with Gasteiger partial charge in [0, 0.05) is 0 Å². The third-order valence-corrected chi connectivity index (χ3v) is 5.89. The van der Waals surface area contributed by atoms with Gasteiger partial charge in [-0.3, -0.25) is 4.18 Å². The maximum atomic E-state index is 10.8. The summed E-state index contributed by atoms with van der Waals surface area (Å²) in [5.41, 5.74) is 0. The van der Waals surface area contributed by atoms with Crippen molar-refractivity contribution in [3.63, 3.8) is 0 Å². The Morgan fingerprint density at radius 1 is 0.481 bits per heavy atom. The van der Waals surface area contributed by atoms with Crippen LogP contribution in [0.25, 0.3) is 0 Å². The van der Waals surface area contributed by atoms with E-state index in [2.05, 4.69) is 6.92 Å². The number of rotatable bonds is 22. The normalized spacial score (nSPS) is 11.9. The van der Waals surface area contributed by atoms with E-state index in [4.69, 9.17) is 4.18 Å². The fourth-order valence-corrected chi connectivity index (χ4v) is 3.99. The summed E-state index contributed by atoms with van der Waals surface area (Å²) in [6.07, 6.45) is 28.2. The molecule has 0 heterocycles. The Labute approximate surface area is 171 Å². The van der Waals surface area contributed by atoms with Crippen LogP contribution in [0.5, 0.6) is 0 Å². The van der Waals surface area contributed by atoms with Crippen molar-refractivity contribution in [3.05, 3.63) is 0 Å². The van der Waals surface area contributed by atoms with Crippen molar-refractivity contribution >= 4 is 10.1 Å². The minimum Gasteiger partial charge on any atom is -0.270 e. The van der Waals surface area contributed by atoms with Crippen LogP contribution in [0.4, 0.5) is 0 Å². The molecule has 0 unspecified atom stereocenters. The van der Waals surface area contributed by atoms with Crippen LogP contribution in [-0.2, 0) is 14.3 Å². The smallest absolute Gasteiger partial charge is 0.264 e. The van der Waals surface area contributed by atoms with Crippen LogP contribution in [-0.4, -0.2) is 21.3 Å². The Balaban J connectivity index is 3.03. The first-order valence-electron chi connectivity index (χ1n) is 11.9. The van der Waals surface area contributed by atoms with Crippen molar-refractivity contribution in [2.45, 2.75) is 135 Å². The molecule has 0 aliphatic carbocycles. The molecule has 0 saturated carbocycles. The summed E-state index contributed by atoms with van der Waals surface area (Å²) in [6, 6.07) is 0. The van der Waals surface area contributed by atoms with Crippen molar-refractivity contribution in [1.29, 1.82) is 0 Å². The molecule has 0 radical (unpaired) electrons. The highest BCUT2D eigenvalue weighted by Crippen LogP contribution is 2.14. The summed E-state index contributed by atoms with van der Waals surface area (Å²) in [7, 11) is -3.25. The van der Waals surface area contributed by atoms with Crippen LogP contribution in [0.3, 0.4) is 0 Å². The van der Waals surface area contributed by atoms with Gasteiger partial charge in [0.1, 0.15) is 0 Å². The standard InChI is InChI=1S/C23H48O3S/c1-3-4-5-6-7-8-9-10-11-12-13-14-15-16-17-18-19-20-21-22-23-26-27(2,24)25/h3-23H2,1-2H3. The van der Waals surface area contributed by atoms with Gasteiger partial charge >= 0.3 is 0 Å². The average molecular weight is 405 g/mol. The number of unbranched alkanes of at least 4 members (excludes halogenated alkanes) is 19. The lowest BCUT2D eigenvalue weighted by atomic mass is 10.0. The predicted octanol–water partition coefficient (Wildman–Crippen LogP) is 7.78. The van der Waals surface area contributed by atoms with E-state index < -0.39 is 10.1 Å². The molecule has 0 saturated heterocycles. The number of hydrogen-bond acceptors (Lipinski definition) is 3. The zero-order valence-corrected chi connectivity index (χ0v) is 19.3. The van der Waals surface area contributed by atoms with E-state index in [1.165, 1.54) is 116 Å². The van der Waals surface area contributed by atoms with E-state index >= 15 is 0 Å². The lowest BCUT2D eigenvalue weighted by Gasteiger charge is -2.04. The van der Waals surface area contributed by atoms with Gasteiger partial charge in [-0.15, -0.1) is 0 Å². The van der Waals surface area contributed by atoms with Gasteiger partial charge in [-0.05, 0) is 6.42 Å². The molecule has 0 fully saturated rings. The zero-order valence-electron chi connectivity index (χ0n) is 18.5. The lowest BCUT2D eigenvalue weighted by molar-refractivity contribution is 0.309. The van der Waals surface area contributed by atoms with Crippen molar-refractivity contribution in [2.75, 3.05) is 12.9 Å². The molecule has 0 rings (SSSR count). The van der Waals surface area contributed by atoms with E-state index in [1.807, 2.05) is 0 Å². The minimum absolute atomic E-state index is 0.345. The number of hydrogen-bond donors (Lipinski definition) is 0. The molecule has 3 nitrogen and oxygen atoms in total. The molecule has 0 aromatic rings. The predicted molar refractivity (Wildman–Crippen MR) is 119 cm³/mol. The molecule has 0 aliphatic rings. The lowest BCUT2D eigenvalue weighted by Crippen LogP contribution is -2.03. The second-order valence-electron chi connectivity index (χ2n) is 8.24. The van der Waals surface area contributed by atoms with Gasteiger partial charge < -0.3 is 0 Å². The molecular formula is C23H48O3S. The second-order valence-corrected chi connectivity index (χ2v) is 9.89. The molecule has 0 N–H and O–H groups in total. The molecule has 0 aromatic heterocycles. The Hall–Kier alpha value is -0.0900. The molecule has 27 heavy (non-hydrogen) atoms. The first-order valence-corrected chi connectivity index (χ1v) is 13.7. The van der Waals surface area contributed by atoms with Crippen LogP contribution in [0.15, 0.2) is 0 Å². The van der Waals surface area contributed by atoms with E-state index in [9.17, 15) is 8.42 Å². The Morgan fingerprint density at radius 2 is 0.741 bits per heavy atom. The Morgan fingerprint density at radius 3 is 1.00 bits per heavy atom. The summed E-state index contributed by atoms with van der Waals surface area (Å²) in [6.45, 7) is 2.63. The molecule has 0 aromatic carbocycles. The quantitative estimate of drug-likeness (QED) is 0.137. The maximum Gasteiger partial charge on any atom is 0.264 e. The van der Waals surface area contributed by atoms with E-state index in [1.54, 1.807) is 0 Å². The van der Waals surface area contributed by atoms with Crippen molar-refractivity contribution in [3.8, 4) is 0 Å². The van der Waals surface area contributed by atoms with Crippen molar-refractivity contribution in [2.24, 2.45) is 0 Å². The van der Waals surface area contributed by atoms with Crippen LogP contribution >= 0.6 is 0 Å². The van der Waals surface area contributed by atoms with Gasteiger partial charge in [0.05, 0.1) is 12.9 Å².